The van der Waals surface area contributed by atoms with E-state index >= 15 is 0 Å². The van der Waals surface area contributed by atoms with Crippen molar-refractivity contribution in [1.82, 2.24) is 0 Å². The summed E-state index contributed by atoms with van der Waals surface area (Å²) < 4.78 is 5.29. The summed E-state index contributed by atoms with van der Waals surface area (Å²) in [5.74, 6) is 1.28. The molecule has 5 heteroatoms. The molecule has 0 saturated heterocycles. The maximum atomic E-state index is 11.7. The molecule has 0 aliphatic heterocycles. The van der Waals surface area contributed by atoms with E-state index in [0.29, 0.717) is 13.0 Å². The summed E-state index contributed by atoms with van der Waals surface area (Å²) in [4.78, 5) is 22.0. The molecule has 0 spiro atoms. The topological polar surface area (TPSA) is 63.6 Å². The molecule has 0 aliphatic carbocycles. The highest BCUT2D eigenvalue weighted by molar-refractivity contribution is 7.99. The van der Waals surface area contributed by atoms with E-state index in [1.807, 2.05) is 11.8 Å². The first-order chi connectivity index (χ1) is 13.2. The fraction of sp³-hybridized carbons (Fsp3) is 0.909. The number of thioether (sulfide) groups is 1. The zero-order valence-electron chi connectivity index (χ0n) is 17.5. The molecule has 0 rings (SSSR count). The second-order valence-electron chi connectivity index (χ2n) is 7.32. The van der Waals surface area contributed by atoms with Crippen LogP contribution in [-0.4, -0.2) is 35.2 Å². The Morgan fingerprint density at radius 2 is 1.22 bits per heavy atom. The predicted octanol–water partition coefficient (Wildman–Crippen LogP) is 6.61. The first-order valence-corrected chi connectivity index (χ1v) is 12.3. The molecule has 0 saturated carbocycles. The summed E-state index contributed by atoms with van der Waals surface area (Å²) in [6.45, 7) is 2.83. The maximum absolute atomic E-state index is 11.7. The SMILES string of the molecule is CCCCCCCCCCCCOC(=O)CCCCSCCCCC(=O)O. The number of aliphatic carboxylic acids is 1. The van der Waals surface area contributed by atoms with E-state index < -0.39 is 5.97 Å². The molecule has 0 unspecified atom stereocenters. The average molecular weight is 403 g/mol. The molecular formula is C22H42O4S. The largest absolute Gasteiger partial charge is 0.481 e. The van der Waals surface area contributed by atoms with Crippen molar-refractivity contribution in [2.24, 2.45) is 0 Å². The van der Waals surface area contributed by atoms with Crippen LogP contribution >= 0.6 is 11.8 Å². The second-order valence-corrected chi connectivity index (χ2v) is 8.55. The Morgan fingerprint density at radius 1 is 0.704 bits per heavy atom. The Morgan fingerprint density at radius 3 is 1.78 bits per heavy atom. The van der Waals surface area contributed by atoms with E-state index in [1.54, 1.807) is 0 Å². The van der Waals surface area contributed by atoms with Crippen LogP contribution in [0.2, 0.25) is 0 Å². The molecule has 0 radical (unpaired) electrons. The molecule has 0 fully saturated rings. The number of carbonyl (C=O) groups excluding carboxylic acids is 1. The number of unbranched alkanes of at least 4 members (excludes halogenated alkanes) is 11. The first-order valence-electron chi connectivity index (χ1n) is 11.1. The summed E-state index contributed by atoms with van der Waals surface area (Å²) in [5, 5.41) is 8.55. The van der Waals surface area contributed by atoms with Crippen LogP contribution in [0, 0.1) is 0 Å². The molecule has 0 aromatic carbocycles. The zero-order chi connectivity index (χ0) is 20.0. The van der Waals surface area contributed by atoms with Crippen LogP contribution in [0.3, 0.4) is 0 Å². The number of carbonyl (C=O) groups is 2. The van der Waals surface area contributed by atoms with Gasteiger partial charge in [0, 0.05) is 12.8 Å². The van der Waals surface area contributed by atoms with Gasteiger partial charge >= 0.3 is 11.9 Å². The van der Waals surface area contributed by atoms with Crippen molar-refractivity contribution in [3.63, 3.8) is 0 Å². The lowest BCUT2D eigenvalue weighted by molar-refractivity contribution is -0.144. The van der Waals surface area contributed by atoms with Crippen molar-refractivity contribution in [3.05, 3.63) is 0 Å². The van der Waals surface area contributed by atoms with Gasteiger partial charge in [0.25, 0.3) is 0 Å². The van der Waals surface area contributed by atoms with Crippen molar-refractivity contribution in [1.29, 1.82) is 0 Å². The minimum atomic E-state index is -0.712. The van der Waals surface area contributed by atoms with Gasteiger partial charge in [0.2, 0.25) is 0 Å². The molecule has 1 N–H and O–H groups in total. The number of ether oxygens (including phenoxy) is 1. The maximum Gasteiger partial charge on any atom is 0.305 e. The summed E-state index contributed by atoms with van der Waals surface area (Å²) >= 11 is 1.85. The molecule has 0 aliphatic rings. The molecule has 160 valence electrons. The highest BCUT2D eigenvalue weighted by Crippen LogP contribution is 2.12. The number of carboxylic acid groups (broad SMARTS) is 1. The Bertz CT molecular complexity index is 347. The standard InChI is InChI=1S/C22H42O4S/c1-2-3-4-5-6-7-8-9-10-13-18-26-22(25)17-12-15-20-27-19-14-11-16-21(23)24/h2-20H2,1H3,(H,23,24). The quantitative estimate of drug-likeness (QED) is 0.173. The third kappa shape index (κ3) is 23.3. The molecule has 0 aromatic heterocycles. The highest BCUT2D eigenvalue weighted by Gasteiger charge is 2.03. The predicted molar refractivity (Wildman–Crippen MR) is 115 cm³/mol. The Labute approximate surface area is 171 Å². The van der Waals surface area contributed by atoms with Crippen molar-refractivity contribution >= 4 is 23.7 Å². The monoisotopic (exact) mass is 402 g/mol. The van der Waals surface area contributed by atoms with Gasteiger partial charge in [0.15, 0.2) is 0 Å². The smallest absolute Gasteiger partial charge is 0.305 e. The molecule has 4 nitrogen and oxygen atoms in total. The average Bonchev–Trinajstić information content (AvgIpc) is 2.64. The Kier molecular flexibility index (Phi) is 21.0. The van der Waals surface area contributed by atoms with Crippen LogP contribution in [-0.2, 0) is 14.3 Å². The molecule has 0 aromatic rings. The van der Waals surface area contributed by atoms with Gasteiger partial charge in [-0.3, -0.25) is 9.59 Å². The number of hydrogen-bond acceptors (Lipinski definition) is 4. The van der Waals surface area contributed by atoms with E-state index in [2.05, 4.69) is 6.92 Å². The van der Waals surface area contributed by atoms with E-state index in [1.165, 1.54) is 57.8 Å². The van der Waals surface area contributed by atoms with Crippen LogP contribution in [0.1, 0.15) is 110 Å². The van der Waals surface area contributed by atoms with Gasteiger partial charge in [0.05, 0.1) is 6.61 Å². The molecule has 0 heterocycles. The van der Waals surface area contributed by atoms with Crippen molar-refractivity contribution in [2.75, 3.05) is 18.1 Å². The number of esters is 1. The summed E-state index contributed by atoms with van der Waals surface area (Å²) in [5.41, 5.74) is 0. The molecule has 0 amide bonds. The molecule has 0 atom stereocenters. The highest BCUT2D eigenvalue weighted by atomic mass is 32.2. The van der Waals surface area contributed by atoms with Crippen LogP contribution in [0.15, 0.2) is 0 Å². The number of hydrogen-bond donors (Lipinski definition) is 1. The van der Waals surface area contributed by atoms with E-state index in [9.17, 15) is 9.59 Å². The zero-order valence-corrected chi connectivity index (χ0v) is 18.3. The summed E-state index contributed by atoms with van der Waals surface area (Å²) in [6, 6.07) is 0. The van der Waals surface area contributed by atoms with Gasteiger partial charge in [-0.15, -0.1) is 0 Å². The van der Waals surface area contributed by atoms with Crippen LogP contribution < -0.4 is 0 Å². The third-order valence-corrected chi connectivity index (χ3v) is 5.76. The fourth-order valence-corrected chi connectivity index (χ4v) is 3.92. The Hall–Kier alpha value is -0.710. The van der Waals surface area contributed by atoms with Crippen molar-refractivity contribution in [3.8, 4) is 0 Å². The number of rotatable bonds is 21. The van der Waals surface area contributed by atoms with E-state index in [-0.39, 0.29) is 12.4 Å². The van der Waals surface area contributed by atoms with Gasteiger partial charge in [-0.25, -0.2) is 0 Å². The lowest BCUT2D eigenvalue weighted by atomic mass is 10.1. The lowest BCUT2D eigenvalue weighted by Crippen LogP contribution is -2.05. The van der Waals surface area contributed by atoms with Crippen molar-refractivity contribution in [2.45, 2.75) is 110 Å². The summed E-state index contributed by atoms with van der Waals surface area (Å²) in [7, 11) is 0. The van der Waals surface area contributed by atoms with Gasteiger partial charge in [-0.05, 0) is 43.6 Å². The molecule has 0 bridgehead atoms. The first kappa shape index (κ1) is 26.3. The molecule has 27 heavy (non-hydrogen) atoms. The molecular weight excluding hydrogens is 360 g/mol. The summed E-state index contributed by atoms with van der Waals surface area (Å²) in [6.07, 6.45) is 17.3. The Balaban J connectivity index is 3.16. The van der Waals surface area contributed by atoms with Gasteiger partial charge in [0.1, 0.15) is 0 Å². The fourth-order valence-electron chi connectivity index (χ4n) is 2.90. The van der Waals surface area contributed by atoms with E-state index in [4.69, 9.17) is 9.84 Å². The second kappa shape index (κ2) is 21.6. The van der Waals surface area contributed by atoms with Crippen LogP contribution in [0.25, 0.3) is 0 Å². The number of carboxylic acids is 1. The van der Waals surface area contributed by atoms with Gasteiger partial charge in [-0.2, -0.15) is 11.8 Å². The van der Waals surface area contributed by atoms with Gasteiger partial charge < -0.3 is 9.84 Å². The minimum Gasteiger partial charge on any atom is -0.481 e. The van der Waals surface area contributed by atoms with Crippen molar-refractivity contribution < 1.29 is 19.4 Å². The normalized spacial score (nSPS) is 10.9. The van der Waals surface area contributed by atoms with Crippen LogP contribution in [0.5, 0.6) is 0 Å². The lowest BCUT2D eigenvalue weighted by Gasteiger charge is -2.05. The minimum absolute atomic E-state index is 0.0580. The van der Waals surface area contributed by atoms with Crippen LogP contribution in [0.4, 0.5) is 0 Å². The third-order valence-electron chi connectivity index (χ3n) is 4.61. The van der Waals surface area contributed by atoms with E-state index in [0.717, 1.165) is 43.6 Å². The van der Waals surface area contributed by atoms with Gasteiger partial charge in [-0.1, -0.05) is 64.7 Å².